The third-order valence-corrected chi connectivity index (χ3v) is 4.31. The van der Waals surface area contributed by atoms with Crippen LogP contribution in [-0.4, -0.2) is 32.2 Å². The lowest BCUT2D eigenvalue weighted by molar-refractivity contribution is -0.382. The zero-order chi connectivity index (χ0) is 14.0. The number of benzene rings is 1. The van der Waals surface area contributed by atoms with Gasteiger partial charge in [-0.05, 0) is 19.1 Å². The molecule has 0 aliphatic carbocycles. The molecular formula is C11H13N3O3S2. The number of thiazole rings is 1. The molecule has 1 heterocycles. The minimum absolute atomic E-state index is 0.0208. The van der Waals surface area contributed by atoms with Crippen LogP contribution in [0.5, 0.6) is 0 Å². The highest BCUT2D eigenvalue weighted by atomic mass is 32.2. The average molecular weight is 299 g/mol. The van der Waals surface area contributed by atoms with Gasteiger partial charge in [0.2, 0.25) is 0 Å². The topological polar surface area (TPSA) is 85.1 Å². The SMILES string of the molecule is CC(CS(C)=O)Nc1ccc2scnc2c1[N+](=O)[O-]. The van der Waals surface area contributed by atoms with E-state index in [2.05, 4.69) is 10.3 Å². The van der Waals surface area contributed by atoms with Crippen LogP contribution in [0.2, 0.25) is 0 Å². The molecular weight excluding hydrogens is 286 g/mol. The lowest BCUT2D eigenvalue weighted by Gasteiger charge is -2.13. The number of aromatic nitrogens is 1. The zero-order valence-corrected chi connectivity index (χ0v) is 12.1. The number of hydrogen-bond acceptors (Lipinski definition) is 6. The Bertz CT molecular complexity index is 641. The molecule has 8 heteroatoms. The molecule has 102 valence electrons. The molecule has 1 N–H and O–H groups in total. The molecule has 6 nitrogen and oxygen atoms in total. The van der Waals surface area contributed by atoms with Crippen LogP contribution in [0.1, 0.15) is 6.92 Å². The summed E-state index contributed by atoms with van der Waals surface area (Å²) in [6, 6.07) is 3.37. The van der Waals surface area contributed by atoms with E-state index in [1.807, 2.05) is 6.92 Å². The van der Waals surface area contributed by atoms with Gasteiger partial charge in [-0.2, -0.15) is 0 Å². The van der Waals surface area contributed by atoms with Gasteiger partial charge in [-0.1, -0.05) is 0 Å². The summed E-state index contributed by atoms with van der Waals surface area (Å²) in [7, 11) is -0.952. The van der Waals surface area contributed by atoms with Crippen LogP contribution < -0.4 is 5.32 Å². The smallest absolute Gasteiger partial charge is 0.319 e. The molecule has 0 fully saturated rings. The van der Waals surface area contributed by atoms with Crippen molar-refractivity contribution in [3.8, 4) is 0 Å². The van der Waals surface area contributed by atoms with Gasteiger partial charge in [-0.25, -0.2) is 4.98 Å². The Morgan fingerprint density at radius 2 is 2.32 bits per heavy atom. The van der Waals surface area contributed by atoms with Crippen LogP contribution in [0, 0.1) is 10.1 Å². The summed E-state index contributed by atoms with van der Waals surface area (Å²) in [5.41, 5.74) is 2.38. The van der Waals surface area contributed by atoms with Gasteiger partial charge >= 0.3 is 5.69 Å². The highest BCUT2D eigenvalue weighted by Crippen LogP contribution is 2.34. The maximum atomic E-state index is 11.2. The highest BCUT2D eigenvalue weighted by Gasteiger charge is 2.21. The second kappa shape index (κ2) is 5.62. The first-order valence-electron chi connectivity index (χ1n) is 5.56. The van der Waals surface area contributed by atoms with Gasteiger partial charge in [0.15, 0.2) is 5.52 Å². The van der Waals surface area contributed by atoms with E-state index in [9.17, 15) is 14.3 Å². The molecule has 2 atom stereocenters. The van der Waals surface area contributed by atoms with Crippen molar-refractivity contribution >= 4 is 43.7 Å². The number of rotatable bonds is 5. The quantitative estimate of drug-likeness (QED) is 0.676. The fourth-order valence-corrected chi connectivity index (χ4v) is 3.34. The monoisotopic (exact) mass is 299 g/mol. The lowest BCUT2D eigenvalue weighted by Crippen LogP contribution is -2.22. The van der Waals surface area contributed by atoms with E-state index >= 15 is 0 Å². The first-order chi connectivity index (χ1) is 8.99. The molecule has 0 bridgehead atoms. The lowest BCUT2D eigenvalue weighted by atomic mass is 10.2. The molecule has 0 amide bonds. The molecule has 0 aliphatic heterocycles. The van der Waals surface area contributed by atoms with Gasteiger partial charge in [0, 0.05) is 28.9 Å². The van der Waals surface area contributed by atoms with E-state index in [-0.39, 0.29) is 11.7 Å². The third kappa shape index (κ3) is 3.07. The number of fused-ring (bicyclic) bond motifs is 1. The number of nitrogens with zero attached hydrogens (tertiary/aromatic N) is 2. The molecule has 0 radical (unpaired) electrons. The maximum absolute atomic E-state index is 11.2. The minimum Gasteiger partial charge on any atom is -0.376 e. The Hall–Kier alpha value is -1.54. The normalized spacial score (nSPS) is 14.2. The summed E-state index contributed by atoms with van der Waals surface area (Å²) in [5, 5.41) is 14.2. The number of nitro groups is 1. The van der Waals surface area contributed by atoms with Gasteiger partial charge in [-0.15, -0.1) is 11.3 Å². The molecule has 1 aromatic heterocycles. The van der Waals surface area contributed by atoms with Crippen molar-refractivity contribution in [2.75, 3.05) is 17.3 Å². The predicted octanol–water partition coefficient (Wildman–Crippen LogP) is 2.38. The first kappa shape index (κ1) is 13.9. The Labute approximate surface area is 116 Å². The molecule has 0 saturated carbocycles. The van der Waals surface area contributed by atoms with E-state index in [1.54, 1.807) is 23.9 Å². The van der Waals surface area contributed by atoms with Crippen molar-refractivity contribution in [2.45, 2.75) is 13.0 Å². The Morgan fingerprint density at radius 1 is 1.58 bits per heavy atom. The summed E-state index contributed by atoms with van der Waals surface area (Å²) in [6.07, 6.45) is 1.61. The summed E-state index contributed by atoms with van der Waals surface area (Å²) >= 11 is 1.37. The predicted molar refractivity (Wildman–Crippen MR) is 78.3 cm³/mol. The van der Waals surface area contributed by atoms with Gasteiger partial charge in [-0.3, -0.25) is 14.3 Å². The molecule has 0 spiro atoms. The van der Waals surface area contributed by atoms with Crippen molar-refractivity contribution in [1.29, 1.82) is 0 Å². The van der Waals surface area contributed by atoms with Crippen molar-refractivity contribution in [3.05, 3.63) is 27.8 Å². The number of anilines is 1. The van der Waals surface area contributed by atoms with Gasteiger partial charge in [0.05, 0.1) is 15.1 Å². The van der Waals surface area contributed by atoms with Crippen LogP contribution in [0.25, 0.3) is 10.2 Å². The van der Waals surface area contributed by atoms with Gasteiger partial charge < -0.3 is 5.32 Å². The van der Waals surface area contributed by atoms with Crippen LogP contribution >= 0.6 is 11.3 Å². The van der Waals surface area contributed by atoms with Gasteiger partial charge in [0.25, 0.3) is 0 Å². The standard InChI is InChI=1S/C11H13N3O3S2/c1-7(5-19(2)17)13-8-3-4-9-10(12-6-18-9)11(8)14(15)16/h3-4,6-7,13H,5H2,1-2H3. The molecule has 2 unspecified atom stereocenters. The number of nitrogens with one attached hydrogen (secondary N) is 1. The molecule has 2 rings (SSSR count). The highest BCUT2D eigenvalue weighted by molar-refractivity contribution is 7.84. The van der Waals surface area contributed by atoms with Crippen molar-refractivity contribution in [1.82, 2.24) is 4.98 Å². The van der Waals surface area contributed by atoms with E-state index in [0.29, 0.717) is 17.0 Å². The number of nitro benzene ring substituents is 1. The fourth-order valence-electron chi connectivity index (χ4n) is 1.88. The van der Waals surface area contributed by atoms with E-state index in [4.69, 9.17) is 0 Å². The molecule has 1 aromatic carbocycles. The van der Waals surface area contributed by atoms with Crippen molar-refractivity contribution in [3.63, 3.8) is 0 Å². The summed E-state index contributed by atoms with van der Waals surface area (Å²) in [5.74, 6) is 0.437. The number of hydrogen-bond donors (Lipinski definition) is 1. The average Bonchev–Trinajstić information content (AvgIpc) is 2.74. The second-order valence-corrected chi connectivity index (χ2v) is 6.57. The van der Waals surface area contributed by atoms with Crippen molar-refractivity contribution in [2.24, 2.45) is 0 Å². The van der Waals surface area contributed by atoms with E-state index < -0.39 is 15.7 Å². The van der Waals surface area contributed by atoms with E-state index in [1.165, 1.54) is 11.3 Å². The Morgan fingerprint density at radius 3 is 2.95 bits per heavy atom. The van der Waals surface area contributed by atoms with Crippen LogP contribution in [-0.2, 0) is 10.8 Å². The molecule has 0 saturated heterocycles. The minimum atomic E-state index is -0.952. The largest absolute Gasteiger partial charge is 0.376 e. The first-order valence-corrected chi connectivity index (χ1v) is 8.17. The van der Waals surface area contributed by atoms with Crippen LogP contribution in [0.4, 0.5) is 11.4 Å². The molecule has 19 heavy (non-hydrogen) atoms. The van der Waals surface area contributed by atoms with Gasteiger partial charge in [0.1, 0.15) is 5.69 Å². The summed E-state index contributed by atoms with van der Waals surface area (Å²) in [6.45, 7) is 1.84. The molecule has 0 aliphatic rings. The fraction of sp³-hybridized carbons (Fsp3) is 0.364. The summed E-state index contributed by atoms with van der Waals surface area (Å²) < 4.78 is 11.9. The zero-order valence-electron chi connectivity index (χ0n) is 10.5. The maximum Gasteiger partial charge on any atom is 0.319 e. The van der Waals surface area contributed by atoms with E-state index in [0.717, 1.165) is 4.70 Å². The Kier molecular flexibility index (Phi) is 4.11. The van der Waals surface area contributed by atoms with Crippen LogP contribution in [0.15, 0.2) is 17.6 Å². The summed E-state index contributed by atoms with van der Waals surface area (Å²) in [4.78, 5) is 14.8. The Balaban J connectivity index is 2.39. The van der Waals surface area contributed by atoms with Crippen LogP contribution in [0.3, 0.4) is 0 Å². The molecule has 2 aromatic rings. The third-order valence-electron chi connectivity index (χ3n) is 2.54. The second-order valence-electron chi connectivity index (χ2n) is 4.20. The van der Waals surface area contributed by atoms with Crippen molar-refractivity contribution < 1.29 is 9.13 Å².